The SMILES string of the molecule is CC(C)[C@H](N)C(=O)NCC(=O)Nc1ccc(-n2ccc(C(N)=O)n2)cc1. The van der Waals surface area contributed by atoms with Crippen LogP contribution in [0.2, 0.25) is 0 Å². The van der Waals surface area contributed by atoms with Crippen molar-refractivity contribution in [3.63, 3.8) is 0 Å². The predicted octanol–water partition coefficient (Wildman–Crippen LogP) is 0.00920. The van der Waals surface area contributed by atoms with Crippen molar-refractivity contribution in [3.05, 3.63) is 42.2 Å². The van der Waals surface area contributed by atoms with Gasteiger partial charge in [-0.25, -0.2) is 4.68 Å². The maximum absolute atomic E-state index is 11.9. The fourth-order valence-electron chi connectivity index (χ4n) is 2.09. The summed E-state index contributed by atoms with van der Waals surface area (Å²) in [6, 6.07) is 7.67. The molecular formula is C17H22N6O3. The quantitative estimate of drug-likeness (QED) is 0.551. The summed E-state index contributed by atoms with van der Waals surface area (Å²) in [6.07, 6.45) is 1.61. The average Bonchev–Trinajstić information content (AvgIpc) is 3.10. The Morgan fingerprint density at radius 1 is 1.15 bits per heavy atom. The molecule has 2 rings (SSSR count). The van der Waals surface area contributed by atoms with Crippen molar-refractivity contribution in [2.45, 2.75) is 19.9 Å². The monoisotopic (exact) mass is 358 g/mol. The number of rotatable bonds is 7. The summed E-state index contributed by atoms with van der Waals surface area (Å²) in [4.78, 5) is 34.7. The normalized spacial score (nSPS) is 11.8. The number of nitrogens with two attached hydrogens (primary N) is 2. The van der Waals surface area contributed by atoms with Gasteiger partial charge in [-0.1, -0.05) is 13.8 Å². The number of nitrogens with zero attached hydrogens (tertiary/aromatic N) is 2. The number of primary amides is 1. The molecule has 0 saturated carbocycles. The molecule has 3 amide bonds. The van der Waals surface area contributed by atoms with Crippen LogP contribution in [0.5, 0.6) is 0 Å². The zero-order chi connectivity index (χ0) is 19.3. The lowest BCUT2D eigenvalue weighted by atomic mass is 10.1. The van der Waals surface area contributed by atoms with Gasteiger partial charge in [0, 0.05) is 11.9 Å². The Labute approximate surface area is 150 Å². The molecule has 1 atom stereocenters. The van der Waals surface area contributed by atoms with Crippen molar-refractivity contribution >= 4 is 23.4 Å². The van der Waals surface area contributed by atoms with Crippen molar-refractivity contribution in [3.8, 4) is 5.69 Å². The summed E-state index contributed by atoms with van der Waals surface area (Å²) >= 11 is 0. The van der Waals surface area contributed by atoms with Crippen LogP contribution >= 0.6 is 0 Å². The Hall–Kier alpha value is -3.20. The predicted molar refractivity (Wildman–Crippen MR) is 96.5 cm³/mol. The Bertz CT molecular complexity index is 797. The number of hydrogen-bond acceptors (Lipinski definition) is 5. The third-order valence-electron chi connectivity index (χ3n) is 3.70. The minimum absolute atomic E-state index is 0.0111. The van der Waals surface area contributed by atoms with Crippen LogP contribution in [-0.4, -0.2) is 40.1 Å². The van der Waals surface area contributed by atoms with Crippen LogP contribution in [0.3, 0.4) is 0 Å². The highest BCUT2D eigenvalue weighted by atomic mass is 16.2. The second-order valence-corrected chi connectivity index (χ2v) is 6.09. The van der Waals surface area contributed by atoms with E-state index >= 15 is 0 Å². The molecule has 0 aliphatic heterocycles. The van der Waals surface area contributed by atoms with Crippen LogP contribution in [0.25, 0.3) is 5.69 Å². The van der Waals surface area contributed by atoms with Crippen LogP contribution < -0.4 is 22.1 Å². The van der Waals surface area contributed by atoms with Gasteiger partial charge < -0.3 is 22.1 Å². The molecule has 1 aromatic heterocycles. The molecule has 0 unspecified atom stereocenters. The summed E-state index contributed by atoms with van der Waals surface area (Å²) in [5.74, 6) is -1.35. The third kappa shape index (κ3) is 4.90. The number of carbonyl (C=O) groups is 3. The number of nitrogens with one attached hydrogen (secondary N) is 2. The smallest absolute Gasteiger partial charge is 0.269 e. The molecule has 1 aromatic carbocycles. The highest BCUT2D eigenvalue weighted by Gasteiger charge is 2.17. The van der Waals surface area contributed by atoms with E-state index in [-0.39, 0.29) is 30.0 Å². The molecule has 9 heteroatoms. The van der Waals surface area contributed by atoms with E-state index in [1.165, 1.54) is 10.7 Å². The number of amides is 3. The van der Waals surface area contributed by atoms with Crippen LogP contribution in [0.4, 0.5) is 5.69 Å². The maximum atomic E-state index is 11.9. The molecule has 6 N–H and O–H groups in total. The van der Waals surface area contributed by atoms with E-state index in [2.05, 4.69) is 15.7 Å². The fourth-order valence-corrected chi connectivity index (χ4v) is 2.09. The van der Waals surface area contributed by atoms with Crippen molar-refractivity contribution < 1.29 is 14.4 Å². The first kappa shape index (κ1) is 19.1. The van der Waals surface area contributed by atoms with E-state index in [1.807, 2.05) is 13.8 Å². The molecule has 138 valence electrons. The van der Waals surface area contributed by atoms with E-state index in [9.17, 15) is 14.4 Å². The number of aromatic nitrogens is 2. The summed E-state index contributed by atoms with van der Waals surface area (Å²) in [5.41, 5.74) is 12.3. The van der Waals surface area contributed by atoms with Crippen LogP contribution in [0.15, 0.2) is 36.5 Å². The van der Waals surface area contributed by atoms with Crippen LogP contribution in [-0.2, 0) is 9.59 Å². The number of benzene rings is 1. The molecule has 0 aliphatic rings. The third-order valence-corrected chi connectivity index (χ3v) is 3.70. The van der Waals surface area contributed by atoms with Gasteiger partial charge in [0.1, 0.15) is 5.69 Å². The van der Waals surface area contributed by atoms with Crippen LogP contribution in [0, 0.1) is 5.92 Å². The molecule has 0 radical (unpaired) electrons. The highest BCUT2D eigenvalue weighted by Crippen LogP contribution is 2.13. The average molecular weight is 358 g/mol. The van der Waals surface area contributed by atoms with E-state index in [0.717, 1.165) is 0 Å². The van der Waals surface area contributed by atoms with E-state index in [1.54, 1.807) is 30.5 Å². The highest BCUT2D eigenvalue weighted by molar-refractivity contribution is 5.95. The first-order valence-corrected chi connectivity index (χ1v) is 8.07. The van der Waals surface area contributed by atoms with Gasteiger partial charge in [-0.3, -0.25) is 14.4 Å². The number of carbonyl (C=O) groups excluding carboxylic acids is 3. The molecule has 0 aliphatic carbocycles. The van der Waals surface area contributed by atoms with Gasteiger partial charge in [-0.15, -0.1) is 0 Å². The minimum atomic E-state index is -0.651. The zero-order valence-corrected chi connectivity index (χ0v) is 14.6. The maximum Gasteiger partial charge on any atom is 0.269 e. The molecular weight excluding hydrogens is 336 g/mol. The second-order valence-electron chi connectivity index (χ2n) is 6.09. The molecule has 0 fully saturated rings. The van der Waals surface area contributed by atoms with Gasteiger partial charge in [0.15, 0.2) is 0 Å². The van der Waals surface area contributed by atoms with Crippen LogP contribution in [0.1, 0.15) is 24.3 Å². The van der Waals surface area contributed by atoms with Gasteiger partial charge in [0.25, 0.3) is 5.91 Å². The van der Waals surface area contributed by atoms with Gasteiger partial charge in [0.05, 0.1) is 18.3 Å². The lowest BCUT2D eigenvalue weighted by Crippen LogP contribution is -2.46. The summed E-state index contributed by atoms with van der Waals surface area (Å²) in [5, 5.41) is 9.22. The largest absolute Gasteiger partial charge is 0.364 e. The minimum Gasteiger partial charge on any atom is -0.364 e. The van der Waals surface area contributed by atoms with E-state index in [0.29, 0.717) is 11.4 Å². The van der Waals surface area contributed by atoms with Gasteiger partial charge in [-0.05, 0) is 36.2 Å². The topological polar surface area (TPSA) is 145 Å². The second kappa shape index (κ2) is 8.26. The summed E-state index contributed by atoms with van der Waals surface area (Å²) in [7, 11) is 0. The van der Waals surface area contributed by atoms with Gasteiger partial charge >= 0.3 is 0 Å². The lowest BCUT2D eigenvalue weighted by molar-refractivity contribution is -0.125. The summed E-state index contributed by atoms with van der Waals surface area (Å²) in [6.45, 7) is 3.50. The fraction of sp³-hybridized carbons (Fsp3) is 0.294. The Balaban J connectivity index is 1.91. The molecule has 26 heavy (non-hydrogen) atoms. The Morgan fingerprint density at radius 2 is 1.81 bits per heavy atom. The van der Waals surface area contributed by atoms with Crippen molar-refractivity contribution in [1.29, 1.82) is 0 Å². The molecule has 9 nitrogen and oxygen atoms in total. The van der Waals surface area contributed by atoms with Gasteiger partial charge in [0.2, 0.25) is 11.8 Å². The van der Waals surface area contributed by atoms with Crippen molar-refractivity contribution in [2.75, 3.05) is 11.9 Å². The van der Waals surface area contributed by atoms with Crippen molar-refractivity contribution in [1.82, 2.24) is 15.1 Å². The molecule has 0 bridgehead atoms. The summed E-state index contributed by atoms with van der Waals surface area (Å²) < 4.78 is 1.50. The molecule has 2 aromatic rings. The number of anilines is 1. The standard InChI is InChI=1S/C17H22N6O3/c1-10(2)15(18)17(26)20-9-14(24)21-11-3-5-12(6-4-11)23-8-7-13(22-23)16(19)25/h3-8,10,15H,9,18H2,1-2H3,(H2,19,25)(H,20,26)(H,21,24)/t15-/m0/s1. The van der Waals surface area contributed by atoms with E-state index in [4.69, 9.17) is 11.5 Å². The van der Waals surface area contributed by atoms with Gasteiger partial charge in [-0.2, -0.15) is 5.10 Å². The van der Waals surface area contributed by atoms with Crippen molar-refractivity contribution in [2.24, 2.45) is 17.4 Å². The first-order chi connectivity index (χ1) is 12.3. The van der Waals surface area contributed by atoms with E-state index < -0.39 is 11.9 Å². The first-order valence-electron chi connectivity index (χ1n) is 8.07. The lowest BCUT2D eigenvalue weighted by Gasteiger charge is -2.15. The zero-order valence-electron chi connectivity index (χ0n) is 14.6. The number of hydrogen-bond donors (Lipinski definition) is 4. The molecule has 1 heterocycles. The Kier molecular flexibility index (Phi) is 6.07. The molecule has 0 saturated heterocycles. The molecule has 0 spiro atoms. The Morgan fingerprint density at radius 3 is 2.35 bits per heavy atom.